The Bertz CT molecular complexity index is 904. The average molecular weight is 347 g/mol. The molecule has 0 fully saturated rings. The second-order valence-electron chi connectivity index (χ2n) is 6.47. The maximum atomic E-state index is 13.1. The number of amides is 1. The maximum Gasteiger partial charge on any atom is 0.227 e. The molecule has 0 N–H and O–H groups in total. The monoisotopic (exact) mass is 347 g/mol. The van der Waals surface area contributed by atoms with E-state index in [0.29, 0.717) is 13.0 Å². The third-order valence-electron chi connectivity index (χ3n) is 4.85. The van der Waals surface area contributed by atoms with Gasteiger partial charge in [0.05, 0.1) is 26.1 Å². The van der Waals surface area contributed by atoms with Crippen LogP contribution in [0.1, 0.15) is 23.0 Å². The summed E-state index contributed by atoms with van der Waals surface area (Å²) in [6.45, 7) is 1.25. The number of carbonyl (C=O) groups excluding carboxylic acids is 1. The predicted molar refractivity (Wildman–Crippen MR) is 98.7 cm³/mol. The van der Waals surface area contributed by atoms with Crippen molar-refractivity contribution in [3.63, 3.8) is 0 Å². The molecule has 1 atom stereocenters. The number of ether oxygens (including phenoxy) is 1. The Labute approximate surface area is 152 Å². The van der Waals surface area contributed by atoms with E-state index in [2.05, 4.69) is 21.7 Å². The van der Waals surface area contributed by atoms with Gasteiger partial charge in [0.1, 0.15) is 11.6 Å². The molecule has 0 saturated heterocycles. The third kappa shape index (κ3) is 3.20. The van der Waals surface area contributed by atoms with Crippen molar-refractivity contribution in [1.82, 2.24) is 14.5 Å². The van der Waals surface area contributed by atoms with Crippen molar-refractivity contribution in [2.75, 3.05) is 7.11 Å². The molecule has 0 aliphatic carbocycles. The van der Waals surface area contributed by atoms with Crippen molar-refractivity contribution in [3.05, 3.63) is 83.9 Å². The fourth-order valence-corrected chi connectivity index (χ4v) is 3.49. The molecule has 1 amide bonds. The average Bonchev–Trinajstić information content (AvgIpc) is 3.15. The number of hydrogen-bond acceptors (Lipinski definition) is 3. The number of methoxy groups -OCH3 is 1. The minimum atomic E-state index is 0.0102. The highest BCUT2D eigenvalue weighted by Crippen LogP contribution is 2.30. The summed E-state index contributed by atoms with van der Waals surface area (Å²) in [5.41, 5.74) is 2.10. The highest BCUT2D eigenvalue weighted by molar-refractivity contribution is 5.79. The van der Waals surface area contributed by atoms with Gasteiger partial charge in [-0.15, -0.1) is 0 Å². The summed E-state index contributed by atoms with van der Waals surface area (Å²) in [7, 11) is 1.64. The molecule has 1 unspecified atom stereocenters. The van der Waals surface area contributed by atoms with Crippen LogP contribution in [0.5, 0.6) is 5.75 Å². The summed E-state index contributed by atoms with van der Waals surface area (Å²) in [6.07, 6.45) is 4.13. The molecule has 5 nitrogen and oxygen atoms in total. The van der Waals surface area contributed by atoms with Crippen molar-refractivity contribution < 1.29 is 9.53 Å². The van der Waals surface area contributed by atoms with Gasteiger partial charge in [-0.05, 0) is 23.3 Å². The number of benzene rings is 2. The zero-order valence-corrected chi connectivity index (χ0v) is 14.7. The topological polar surface area (TPSA) is 47.4 Å². The minimum absolute atomic E-state index is 0.0102. The zero-order chi connectivity index (χ0) is 17.9. The summed E-state index contributed by atoms with van der Waals surface area (Å²) in [4.78, 5) is 19.5. The number of carbonyl (C=O) groups is 1. The second kappa shape index (κ2) is 7.04. The molecular formula is C21H21N3O2. The number of imidazole rings is 1. The van der Waals surface area contributed by atoms with Crippen molar-refractivity contribution >= 4 is 5.91 Å². The molecule has 2 heterocycles. The van der Waals surface area contributed by atoms with Crippen molar-refractivity contribution in [3.8, 4) is 5.75 Å². The number of fused-ring (bicyclic) bond motifs is 1. The third-order valence-corrected chi connectivity index (χ3v) is 4.85. The largest absolute Gasteiger partial charge is 0.497 e. The molecule has 26 heavy (non-hydrogen) atoms. The Morgan fingerprint density at radius 2 is 2.04 bits per heavy atom. The van der Waals surface area contributed by atoms with Gasteiger partial charge in [0.2, 0.25) is 5.91 Å². The molecule has 1 aliphatic rings. The number of rotatable bonds is 4. The van der Waals surface area contributed by atoms with Crippen molar-refractivity contribution in [1.29, 1.82) is 0 Å². The van der Waals surface area contributed by atoms with Crippen LogP contribution >= 0.6 is 0 Å². The summed E-state index contributed by atoms with van der Waals surface area (Å²) in [5, 5.41) is 0. The van der Waals surface area contributed by atoms with Crippen LogP contribution in [0, 0.1) is 0 Å². The van der Waals surface area contributed by atoms with E-state index in [9.17, 15) is 4.79 Å². The first-order valence-corrected chi connectivity index (χ1v) is 8.72. The summed E-state index contributed by atoms with van der Waals surface area (Å²) >= 11 is 0. The molecule has 2 aromatic carbocycles. The molecule has 132 valence electrons. The Balaban J connectivity index is 1.62. The van der Waals surface area contributed by atoms with E-state index < -0.39 is 0 Å². The fourth-order valence-electron chi connectivity index (χ4n) is 3.49. The quantitative estimate of drug-likeness (QED) is 0.728. The first-order valence-electron chi connectivity index (χ1n) is 8.72. The lowest BCUT2D eigenvalue weighted by Gasteiger charge is -2.36. The van der Waals surface area contributed by atoms with Crippen LogP contribution in [0.15, 0.2) is 67.0 Å². The second-order valence-corrected chi connectivity index (χ2v) is 6.47. The first kappa shape index (κ1) is 16.4. The lowest BCUT2D eigenvalue weighted by molar-refractivity contribution is -0.135. The zero-order valence-electron chi connectivity index (χ0n) is 14.7. The lowest BCUT2D eigenvalue weighted by Crippen LogP contribution is -2.41. The fraction of sp³-hybridized carbons (Fsp3) is 0.238. The molecule has 0 bridgehead atoms. The van der Waals surface area contributed by atoms with Crippen molar-refractivity contribution in [2.24, 2.45) is 0 Å². The van der Waals surface area contributed by atoms with Crippen LogP contribution in [-0.4, -0.2) is 27.5 Å². The highest BCUT2D eigenvalue weighted by atomic mass is 16.5. The molecule has 3 aromatic rings. The molecule has 0 spiro atoms. The van der Waals surface area contributed by atoms with Gasteiger partial charge in [-0.1, -0.05) is 42.5 Å². The van der Waals surface area contributed by atoms with Gasteiger partial charge in [0, 0.05) is 18.9 Å². The van der Waals surface area contributed by atoms with Gasteiger partial charge in [0.25, 0.3) is 0 Å². The minimum Gasteiger partial charge on any atom is -0.497 e. The van der Waals surface area contributed by atoms with Gasteiger partial charge in [0.15, 0.2) is 0 Å². The standard InChI is InChI=1S/C21H21N3O2/c1-26-18-9-5-6-16(12-18)13-21(25)24-15-20-22-10-11-23(20)14-19(24)17-7-3-2-4-8-17/h2-12,19H,13-15H2,1H3. The number of aromatic nitrogens is 2. The van der Waals surface area contributed by atoms with Crippen LogP contribution in [-0.2, 0) is 24.3 Å². The smallest absolute Gasteiger partial charge is 0.227 e. The molecular weight excluding hydrogens is 326 g/mol. The van der Waals surface area contributed by atoms with Gasteiger partial charge < -0.3 is 14.2 Å². The molecule has 1 aliphatic heterocycles. The maximum absolute atomic E-state index is 13.1. The van der Waals surface area contributed by atoms with Crippen LogP contribution in [0.25, 0.3) is 0 Å². The Morgan fingerprint density at radius 3 is 2.85 bits per heavy atom. The normalized spacial score (nSPS) is 16.2. The number of nitrogens with zero attached hydrogens (tertiary/aromatic N) is 3. The van der Waals surface area contributed by atoms with E-state index >= 15 is 0 Å². The van der Waals surface area contributed by atoms with E-state index in [0.717, 1.165) is 29.2 Å². The summed E-state index contributed by atoms with van der Waals surface area (Å²) < 4.78 is 7.40. The molecule has 0 saturated carbocycles. The molecule has 5 heteroatoms. The summed E-state index contributed by atoms with van der Waals surface area (Å²) in [5.74, 6) is 1.79. The van der Waals surface area contributed by atoms with E-state index in [-0.39, 0.29) is 11.9 Å². The van der Waals surface area contributed by atoms with E-state index in [4.69, 9.17) is 4.74 Å². The van der Waals surface area contributed by atoms with E-state index in [1.165, 1.54) is 0 Å². The van der Waals surface area contributed by atoms with E-state index in [1.807, 2.05) is 53.6 Å². The Kier molecular flexibility index (Phi) is 4.44. The highest BCUT2D eigenvalue weighted by Gasteiger charge is 2.31. The van der Waals surface area contributed by atoms with Crippen LogP contribution in [0.4, 0.5) is 0 Å². The van der Waals surface area contributed by atoms with Gasteiger partial charge in [-0.25, -0.2) is 4.98 Å². The molecule has 4 rings (SSSR count). The van der Waals surface area contributed by atoms with Crippen LogP contribution in [0.3, 0.4) is 0 Å². The first-order chi connectivity index (χ1) is 12.7. The van der Waals surface area contributed by atoms with Gasteiger partial charge >= 0.3 is 0 Å². The van der Waals surface area contributed by atoms with Gasteiger partial charge in [-0.2, -0.15) is 0 Å². The van der Waals surface area contributed by atoms with E-state index in [1.54, 1.807) is 13.3 Å². The summed E-state index contributed by atoms with van der Waals surface area (Å²) in [6, 6.07) is 17.9. The van der Waals surface area contributed by atoms with Crippen LogP contribution in [0.2, 0.25) is 0 Å². The number of hydrogen-bond donors (Lipinski definition) is 0. The lowest BCUT2D eigenvalue weighted by atomic mass is 10.0. The van der Waals surface area contributed by atoms with Crippen LogP contribution < -0.4 is 4.74 Å². The molecule has 0 radical (unpaired) electrons. The Hall–Kier alpha value is -3.08. The predicted octanol–water partition coefficient (Wildman–Crippen LogP) is 3.22. The SMILES string of the molecule is COc1cccc(CC(=O)N2Cc3nccn3CC2c2ccccc2)c1. The molecule has 1 aromatic heterocycles. The Morgan fingerprint density at radius 1 is 1.19 bits per heavy atom. The van der Waals surface area contributed by atoms with Crippen molar-refractivity contribution in [2.45, 2.75) is 25.6 Å². The van der Waals surface area contributed by atoms with Gasteiger partial charge in [-0.3, -0.25) is 4.79 Å².